The lowest BCUT2D eigenvalue weighted by molar-refractivity contribution is 0.268. The summed E-state index contributed by atoms with van der Waals surface area (Å²) in [7, 11) is 0. The van der Waals surface area contributed by atoms with Crippen LogP contribution in [0.5, 0.6) is 5.75 Å². The van der Waals surface area contributed by atoms with Gasteiger partial charge in [0, 0.05) is 18.0 Å². The zero-order chi connectivity index (χ0) is 14.7. The first-order valence-corrected chi connectivity index (χ1v) is 7.99. The monoisotopic (exact) mass is 288 g/mol. The van der Waals surface area contributed by atoms with Crippen molar-refractivity contribution < 1.29 is 9.15 Å². The van der Waals surface area contributed by atoms with Gasteiger partial charge in [0.25, 0.3) is 0 Å². The maximum atomic E-state index is 5.86. The molecule has 1 aliphatic heterocycles. The number of nitrogens with zero attached hydrogens (tertiary/aromatic N) is 1. The van der Waals surface area contributed by atoms with Gasteiger partial charge in [0.15, 0.2) is 11.5 Å². The summed E-state index contributed by atoms with van der Waals surface area (Å²) >= 11 is 0. The number of aromatic nitrogens is 1. The van der Waals surface area contributed by atoms with Gasteiger partial charge in [0.2, 0.25) is 0 Å². The van der Waals surface area contributed by atoms with Crippen LogP contribution < -0.4 is 10.1 Å². The smallest absolute Gasteiger partial charge is 0.198 e. The van der Waals surface area contributed by atoms with E-state index < -0.39 is 0 Å². The van der Waals surface area contributed by atoms with Crippen LogP contribution in [0.15, 0.2) is 22.6 Å². The van der Waals surface area contributed by atoms with E-state index >= 15 is 0 Å². The molecule has 1 N–H and O–H groups in total. The second-order valence-corrected chi connectivity index (χ2v) is 6.12. The molecule has 0 bridgehead atoms. The zero-order valence-corrected chi connectivity index (χ0v) is 12.9. The van der Waals surface area contributed by atoms with Crippen LogP contribution in [-0.2, 0) is 0 Å². The highest BCUT2D eigenvalue weighted by molar-refractivity contribution is 5.74. The second-order valence-electron chi connectivity index (χ2n) is 6.12. The molecule has 1 aromatic carbocycles. The molecule has 0 aliphatic carbocycles. The molecule has 1 atom stereocenters. The molecular formula is C17H24N2O2. The van der Waals surface area contributed by atoms with E-state index in [2.05, 4.69) is 24.1 Å². The summed E-state index contributed by atoms with van der Waals surface area (Å²) < 4.78 is 11.6. The molecule has 0 spiro atoms. The minimum atomic E-state index is 0.305. The normalized spacial score (nSPS) is 19.3. The second kappa shape index (κ2) is 6.48. The summed E-state index contributed by atoms with van der Waals surface area (Å²) in [6.45, 7) is 6.06. The fourth-order valence-corrected chi connectivity index (χ4v) is 2.75. The number of piperidine rings is 1. The molecule has 0 saturated carbocycles. The van der Waals surface area contributed by atoms with Gasteiger partial charge in [-0.1, -0.05) is 20.3 Å². The number of hydrogen-bond acceptors (Lipinski definition) is 4. The van der Waals surface area contributed by atoms with Gasteiger partial charge in [-0.15, -0.1) is 0 Å². The average molecular weight is 288 g/mol. The van der Waals surface area contributed by atoms with Crippen LogP contribution in [0.2, 0.25) is 0 Å². The van der Waals surface area contributed by atoms with Crippen LogP contribution in [0.1, 0.15) is 51.3 Å². The number of fused-ring (bicyclic) bond motifs is 1. The van der Waals surface area contributed by atoms with Crippen LogP contribution in [0.4, 0.5) is 0 Å². The van der Waals surface area contributed by atoms with Crippen LogP contribution in [-0.4, -0.2) is 24.2 Å². The zero-order valence-electron chi connectivity index (χ0n) is 12.9. The van der Waals surface area contributed by atoms with Crippen molar-refractivity contribution in [2.45, 2.75) is 51.5 Å². The lowest BCUT2D eigenvalue weighted by Gasteiger charge is -2.23. The highest BCUT2D eigenvalue weighted by Crippen LogP contribution is 2.25. The van der Waals surface area contributed by atoms with Crippen LogP contribution >= 0.6 is 0 Å². The molecule has 4 heteroatoms. The predicted molar refractivity (Wildman–Crippen MR) is 83.9 cm³/mol. The number of oxazole rings is 1. The van der Waals surface area contributed by atoms with E-state index in [-0.39, 0.29) is 0 Å². The number of rotatable bonds is 5. The summed E-state index contributed by atoms with van der Waals surface area (Å²) in [5.74, 6) is 1.97. The summed E-state index contributed by atoms with van der Waals surface area (Å²) in [4.78, 5) is 4.51. The Morgan fingerprint density at radius 2 is 2.29 bits per heavy atom. The van der Waals surface area contributed by atoms with E-state index in [4.69, 9.17) is 9.15 Å². The quantitative estimate of drug-likeness (QED) is 0.907. The number of hydrogen-bond donors (Lipinski definition) is 1. The van der Waals surface area contributed by atoms with Gasteiger partial charge in [0.05, 0.1) is 6.61 Å². The molecule has 21 heavy (non-hydrogen) atoms. The Balaban J connectivity index is 1.58. The van der Waals surface area contributed by atoms with E-state index in [9.17, 15) is 0 Å². The van der Waals surface area contributed by atoms with Crippen molar-refractivity contribution >= 4 is 11.1 Å². The van der Waals surface area contributed by atoms with Gasteiger partial charge < -0.3 is 14.5 Å². The third-order valence-electron chi connectivity index (χ3n) is 4.02. The van der Waals surface area contributed by atoms with Crippen LogP contribution in [0.3, 0.4) is 0 Å². The Bertz CT molecular complexity index is 585. The highest BCUT2D eigenvalue weighted by atomic mass is 16.5. The maximum absolute atomic E-state index is 5.86. The molecule has 0 amide bonds. The Morgan fingerprint density at radius 3 is 3.05 bits per heavy atom. The first-order valence-electron chi connectivity index (χ1n) is 7.99. The fourth-order valence-electron chi connectivity index (χ4n) is 2.75. The molecule has 1 aliphatic rings. The van der Waals surface area contributed by atoms with E-state index in [1.165, 1.54) is 19.3 Å². The number of ether oxygens (including phenoxy) is 1. The Labute approximate surface area is 125 Å². The van der Waals surface area contributed by atoms with Crippen molar-refractivity contribution in [1.29, 1.82) is 0 Å². The van der Waals surface area contributed by atoms with Crippen molar-refractivity contribution in [3.05, 3.63) is 24.1 Å². The minimum absolute atomic E-state index is 0.305. The van der Waals surface area contributed by atoms with Gasteiger partial charge in [-0.05, 0) is 37.9 Å². The number of nitrogens with one attached hydrogen (secondary N) is 1. The molecule has 1 aromatic heterocycles. The highest BCUT2D eigenvalue weighted by Gasteiger charge is 2.13. The largest absolute Gasteiger partial charge is 0.493 e. The van der Waals surface area contributed by atoms with Crippen molar-refractivity contribution in [3.63, 3.8) is 0 Å². The number of benzene rings is 1. The molecule has 114 valence electrons. The minimum Gasteiger partial charge on any atom is -0.493 e. The first kappa shape index (κ1) is 14.4. The summed E-state index contributed by atoms with van der Waals surface area (Å²) in [5.41, 5.74) is 1.71. The molecule has 2 aromatic rings. The van der Waals surface area contributed by atoms with Crippen molar-refractivity contribution in [2.24, 2.45) is 0 Å². The lowest BCUT2D eigenvalue weighted by Crippen LogP contribution is -2.35. The Kier molecular flexibility index (Phi) is 4.44. The average Bonchev–Trinajstić information content (AvgIpc) is 2.92. The molecule has 3 rings (SSSR count). The summed E-state index contributed by atoms with van der Waals surface area (Å²) in [6, 6.07) is 6.50. The fraction of sp³-hybridized carbons (Fsp3) is 0.588. The van der Waals surface area contributed by atoms with E-state index in [0.29, 0.717) is 12.0 Å². The summed E-state index contributed by atoms with van der Waals surface area (Å²) in [5, 5.41) is 3.54. The van der Waals surface area contributed by atoms with Gasteiger partial charge in [0.1, 0.15) is 11.3 Å². The Hall–Kier alpha value is -1.55. The Morgan fingerprint density at radius 1 is 1.38 bits per heavy atom. The predicted octanol–water partition coefficient (Wildman–Crippen LogP) is 3.86. The lowest BCUT2D eigenvalue weighted by atomic mass is 10.0. The topological polar surface area (TPSA) is 47.3 Å². The maximum Gasteiger partial charge on any atom is 0.198 e. The molecule has 1 saturated heterocycles. The summed E-state index contributed by atoms with van der Waals surface area (Å²) in [6.07, 6.45) is 4.97. The van der Waals surface area contributed by atoms with E-state index in [0.717, 1.165) is 42.3 Å². The van der Waals surface area contributed by atoms with Crippen molar-refractivity contribution in [1.82, 2.24) is 10.3 Å². The van der Waals surface area contributed by atoms with Crippen molar-refractivity contribution in [2.75, 3.05) is 13.2 Å². The van der Waals surface area contributed by atoms with Gasteiger partial charge in [-0.25, -0.2) is 4.98 Å². The molecule has 0 radical (unpaired) electrons. The third-order valence-corrected chi connectivity index (χ3v) is 4.02. The van der Waals surface area contributed by atoms with E-state index in [1.807, 2.05) is 18.2 Å². The molecule has 1 unspecified atom stereocenters. The van der Waals surface area contributed by atoms with E-state index in [1.54, 1.807) is 0 Å². The van der Waals surface area contributed by atoms with Crippen molar-refractivity contribution in [3.8, 4) is 5.75 Å². The SMILES string of the molecule is CC(C)c1nc2cc(OCCC3CCCCN3)ccc2o1. The third kappa shape index (κ3) is 3.56. The van der Waals surface area contributed by atoms with Crippen LogP contribution in [0, 0.1) is 0 Å². The standard InChI is InChI=1S/C17H24N2O2/c1-12(2)17-19-15-11-14(6-7-16(15)21-17)20-10-8-13-5-3-4-9-18-13/h6-7,11-13,18H,3-5,8-10H2,1-2H3. The van der Waals surface area contributed by atoms with Gasteiger partial charge in [-0.2, -0.15) is 0 Å². The molecular weight excluding hydrogens is 264 g/mol. The molecule has 2 heterocycles. The first-order chi connectivity index (χ1) is 10.2. The van der Waals surface area contributed by atoms with Gasteiger partial charge >= 0.3 is 0 Å². The van der Waals surface area contributed by atoms with Gasteiger partial charge in [-0.3, -0.25) is 0 Å². The molecule has 4 nitrogen and oxygen atoms in total. The molecule has 1 fully saturated rings. The van der Waals surface area contributed by atoms with Crippen LogP contribution in [0.25, 0.3) is 11.1 Å².